The van der Waals surface area contributed by atoms with Crippen LogP contribution in [0.3, 0.4) is 0 Å². The predicted octanol–water partition coefficient (Wildman–Crippen LogP) is 1.36. The summed E-state index contributed by atoms with van der Waals surface area (Å²) in [7, 11) is 0. The molecule has 0 aromatic heterocycles. The topological polar surface area (TPSA) is 58.6 Å². The van der Waals surface area contributed by atoms with Crippen molar-refractivity contribution in [3.8, 4) is 5.75 Å². The summed E-state index contributed by atoms with van der Waals surface area (Å²) < 4.78 is 19.2. The fourth-order valence-corrected chi connectivity index (χ4v) is 3.01. The van der Waals surface area contributed by atoms with Crippen molar-refractivity contribution in [1.82, 2.24) is 5.32 Å². The van der Waals surface area contributed by atoms with Crippen LogP contribution in [0.15, 0.2) is 18.2 Å². The van der Waals surface area contributed by atoms with Crippen molar-refractivity contribution >= 4 is 5.97 Å². The normalized spacial score (nSPS) is 29.9. The molecule has 1 saturated heterocycles. The SMILES string of the molecule is O=C(O)C1NCC2CCOc3c(F)cccc3C21. The molecule has 0 aliphatic carbocycles. The highest BCUT2D eigenvalue weighted by Crippen LogP contribution is 2.42. The second kappa shape index (κ2) is 4.24. The molecule has 1 fully saturated rings. The fraction of sp³-hybridized carbons (Fsp3) is 0.462. The van der Waals surface area contributed by atoms with E-state index in [1.165, 1.54) is 6.07 Å². The molecule has 0 bridgehead atoms. The molecule has 1 aromatic carbocycles. The van der Waals surface area contributed by atoms with Gasteiger partial charge in [0, 0.05) is 11.5 Å². The van der Waals surface area contributed by atoms with Crippen molar-refractivity contribution < 1.29 is 19.0 Å². The highest BCUT2D eigenvalue weighted by Gasteiger charge is 2.43. The Morgan fingerprint density at radius 3 is 3.11 bits per heavy atom. The Kier molecular flexibility index (Phi) is 2.70. The highest BCUT2D eigenvalue weighted by molar-refractivity contribution is 5.76. The Morgan fingerprint density at radius 2 is 2.33 bits per heavy atom. The van der Waals surface area contributed by atoms with Gasteiger partial charge in [-0.25, -0.2) is 4.39 Å². The van der Waals surface area contributed by atoms with Crippen LogP contribution in [0.5, 0.6) is 5.75 Å². The summed E-state index contributed by atoms with van der Waals surface area (Å²) in [6, 6.07) is 4.07. The first kappa shape index (κ1) is 11.5. The summed E-state index contributed by atoms with van der Waals surface area (Å²) in [5, 5.41) is 12.3. The fourth-order valence-electron chi connectivity index (χ4n) is 3.01. The van der Waals surface area contributed by atoms with Gasteiger partial charge in [-0.2, -0.15) is 0 Å². The lowest BCUT2D eigenvalue weighted by Gasteiger charge is -2.20. The van der Waals surface area contributed by atoms with Gasteiger partial charge in [0.1, 0.15) is 6.04 Å². The van der Waals surface area contributed by atoms with Gasteiger partial charge in [-0.3, -0.25) is 4.79 Å². The molecule has 1 aromatic rings. The van der Waals surface area contributed by atoms with Crippen LogP contribution < -0.4 is 10.1 Å². The summed E-state index contributed by atoms with van der Waals surface area (Å²) in [6.07, 6.45) is 0.746. The van der Waals surface area contributed by atoms with E-state index in [4.69, 9.17) is 4.74 Å². The maximum atomic E-state index is 13.7. The first-order valence-electron chi connectivity index (χ1n) is 6.06. The first-order valence-corrected chi connectivity index (χ1v) is 6.06. The van der Waals surface area contributed by atoms with E-state index in [9.17, 15) is 14.3 Å². The van der Waals surface area contributed by atoms with E-state index in [1.807, 2.05) is 0 Å². The number of nitrogens with one attached hydrogen (secondary N) is 1. The van der Waals surface area contributed by atoms with Crippen LogP contribution in [0, 0.1) is 11.7 Å². The van der Waals surface area contributed by atoms with Crippen molar-refractivity contribution in [2.45, 2.75) is 18.4 Å². The van der Waals surface area contributed by atoms with Crippen LogP contribution in [-0.4, -0.2) is 30.3 Å². The van der Waals surface area contributed by atoms with Crippen molar-refractivity contribution in [2.75, 3.05) is 13.2 Å². The number of para-hydroxylation sites is 1. The van der Waals surface area contributed by atoms with E-state index in [2.05, 4.69) is 5.32 Å². The third kappa shape index (κ3) is 1.66. The third-order valence-electron chi connectivity index (χ3n) is 3.82. The van der Waals surface area contributed by atoms with Gasteiger partial charge in [-0.05, 0) is 24.9 Å². The number of carboxylic acids is 1. The molecule has 2 N–H and O–H groups in total. The van der Waals surface area contributed by atoms with Gasteiger partial charge in [-0.1, -0.05) is 12.1 Å². The molecule has 3 atom stereocenters. The molecular weight excluding hydrogens is 237 g/mol. The zero-order valence-corrected chi connectivity index (χ0v) is 9.73. The Balaban J connectivity index is 2.09. The summed E-state index contributed by atoms with van der Waals surface area (Å²) in [5.74, 6) is -1.10. The molecule has 3 rings (SSSR count). The van der Waals surface area contributed by atoms with Gasteiger partial charge in [0.25, 0.3) is 0 Å². The number of carbonyl (C=O) groups is 1. The van der Waals surface area contributed by atoms with Gasteiger partial charge in [0.05, 0.1) is 6.61 Å². The zero-order chi connectivity index (χ0) is 12.7. The minimum absolute atomic E-state index is 0.189. The lowest BCUT2D eigenvalue weighted by molar-refractivity contribution is -0.139. The summed E-state index contributed by atoms with van der Waals surface area (Å²) in [4.78, 5) is 11.3. The molecule has 5 heteroatoms. The zero-order valence-electron chi connectivity index (χ0n) is 9.73. The van der Waals surface area contributed by atoms with Crippen molar-refractivity contribution in [3.05, 3.63) is 29.6 Å². The monoisotopic (exact) mass is 251 g/mol. The first-order chi connectivity index (χ1) is 8.68. The molecule has 0 spiro atoms. The Bertz CT molecular complexity index is 491. The summed E-state index contributed by atoms with van der Waals surface area (Å²) >= 11 is 0. The van der Waals surface area contributed by atoms with Crippen LogP contribution in [0.25, 0.3) is 0 Å². The highest BCUT2D eigenvalue weighted by atomic mass is 19.1. The Morgan fingerprint density at radius 1 is 1.50 bits per heavy atom. The number of ether oxygens (including phenoxy) is 1. The second-order valence-electron chi connectivity index (χ2n) is 4.81. The number of fused-ring (bicyclic) bond motifs is 3. The van der Waals surface area contributed by atoms with Crippen molar-refractivity contribution in [2.24, 2.45) is 5.92 Å². The maximum absolute atomic E-state index is 13.7. The molecule has 0 amide bonds. The molecule has 2 heterocycles. The molecule has 4 nitrogen and oxygen atoms in total. The number of rotatable bonds is 1. The summed E-state index contributed by atoms with van der Waals surface area (Å²) in [6.45, 7) is 1.07. The van der Waals surface area contributed by atoms with Gasteiger partial charge >= 0.3 is 5.97 Å². The number of carboxylic acid groups (broad SMARTS) is 1. The van der Waals surface area contributed by atoms with Crippen molar-refractivity contribution in [3.63, 3.8) is 0 Å². The maximum Gasteiger partial charge on any atom is 0.321 e. The van der Waals surface area contributed by atoms with E-state index < -0.39 is 17.8 Å². The van der Waals surface area contributed by atoms with E-state index in [0.29, 0.717) is 18.7 Å². The van der Waals surface area contributed by atoms with E-state index in [-0.39, 0.29) is 17.6 Å². The number of hydrogen-bond acceptors (Lipinski definition) is 3. The van der Waals surface area contributed by atoms with E-state index in [0.717, 1.165) is 6.42 Å². The molecule has 96 valence electrons. The molecule has 0 saturated carbocycles. The molecule has 3 unspecified atom stereocenters. The standard InChI is InChI=1S/C13H14FNO3/c14-9-3-1-2-8-10-7(4-5-18-12(8)9)6-15-11(10)13(16)17/h1-3,7,10-11,15H,4-6H2,(H,16,17). The van der Waals surface area contributed by atoms with Gasteiger partial charge < -0.3 is 15.2 Å². The van der Waals surface area contributed by atoms with Crippen LogP contribution in [0.1, 0.15) is 17.9 Å². The largest absolute Gasteiger partial charge is 0.490 e. The van der Waals surface area contributed by atoms with Crippen LogP contribution in [0.2, 0.25) is 0 Å². The lowest BCUT2D eigenvalue weighted by atomic mass is 9.83. The lowest BCUT2D eigenvalue weighted by Crippen LogP contribution is -2.34. The quantitative estimate of drug-likeness (QED) is 0.791. The Labute approximate surface area is 104 Å². The number of halogens is 1. The molecule has 0 radical (unpaired) electrons. The minimum Gasteiger partial charge on any atom is -0.490 e. The van der Waals surface area contributed by atoms with Gasteiger partial charge in [0.2, 0.25) is 0 Å². The second-order valence-corrected chi connectivity index (χ2v) is 4.81. The summed E-state index contributed by atoms with van der Waals surface area (Å²) in [5.41, 5.74) is 0.676. The number of aliphatic carboxylic acids is 1. The van der Waals surface area contributed by atoms with E-state index >= 15 is 0 Å². The number of benzene rings is 1. The van der Waals surface area contributed by atoms with Crippen LogP contribution in [-0.2, 0) is 4.79 Å². The van der Waals surface area contributed by atoms with Crippen LogP contribution >= 0.6 is 0 Å². The molecule has 18 heavy (non-hydrogen) atoms. The average molecular weight is 251 g/mol. The van der Waals surface area contributed by atoms with Crippen molar-refractivity contribution in [1.29, 1.82) is 0 Å². The van der Waals surface area contributed by atoms with Crippen LogP contribution in [0.4, 0.5) is 4.39 Å². The molecular formula is C13H14FNO3. The van der Waals surface area contributed by atoms with E-state index in [1.54, 1.807) is 12.1 Å². The predicted molar refractivity (Wildman–Crippen MR) is 62.2 cm³/mol. The number of hydrogen-bond donors (Lipinski definition) is 2. The average Bonchev–Trinajstić information content (AvgIpc) is 2.67. The Hall–Kier alpha value is -1.62. The smallest absolute Gasteiger partial charge is 0.321 e. The molecule has 2 aliphatic rings. The molecule has 2 aliphatic heterocycles. The minimum atomic E-state index is -0.889. The third-order valence-corrected chi connectivity index (χ3v) is 3.82. The van der Waals surface area contributed by atoms with Gasteiger partial charge in [0.15, 0.2) is 11.6 Å². The van der Waals surface area contributed by atoms with Gasteiger partial charge in [-0.15, -0.1) is 0 Å².